The first-order valence-electron chi connectivity index (χ1n) is 8.90. The number of likely N-dealkylation sites (tertiary alicyclic amines) is 1. The lowest BCUT2D eigenvalue weighted by atomic mass is 9.99. The molecule has 0 aromatic heterocycles. The normalized spacial score (nSPS) is 23.4. The summed E-state index contributed by atoms with van der Waals surface area (Å²) in [5, 5.41) is 3.59. The van der Waals surface area contributed by atoms with Crippen LogP contribution in [0.3, 0.4) is 0 Å². The quantitative estimate of drug-likeness (QED) is 0.821. The topological polar surface area (TPSA) is 15.3 Å². The summed E-state index contributed by atoms with van der Waals surface area (Å²) in [6.45, 7) is 5.89. The third-order valence-corrected chi connectivity index (χ3v) is 5.05. The average Bonchev–Trinajstić information content (AvgIpc) is 3.34. The van der Waals surface area contributed by atoms with E-state index in [1.807, 2.05) is 0 Å². The molecule has 1 unspecified atom stereocenters. The standard InChI is InChI=1S/C19H30N2/c1-2-19-5-3-4-14-21(19)15-17-8-6-16(7-9-17)12-13-20-18-10-11-18/h6-9,18-20H,2-5,10-15H2,1H3. The van der Waals surface area contributed by atoms with Gasteiger partial charge in [-0.3, -0.25) is 4.90 Å². The Labute approximate surface area is 129 Å². The number of nitrogens with zero attached hydrogens (tertiary/aromatic N) is 1. The molecule has 1 saturated carbocycles. The number of piperidine rings is 1. The highest BCUT2D eigenvalue weighted by atomic mass is 15.2. The van der Waals surface area contributed by atoms with E-state index in [4.69, 9.17) is 0 Å². The molecule has 0 amide bonds. The van der Waals surface area contributed by atoms with E-state index >= 15 is 0 Å². The van der Waals surface area contributed by atoms with Crippen LogP contribution in [0.25, 0.3) is 0 Å². The lowest BCUT2D eigenvalue weighted by molar-refractivity contribution is 0.136. The lowest BCUT2D eigenvalue weighted by Gasteiger charge is -2.35. The average molecular weight is 286 g/mol. The summed E-state index contributed by atoms with van der Waals surface area (Å²) in [6.07, 6.45) is 9.41. The summed E-state index contributed by atoms with van der Waals surface area (Å²) in [7, 11) is 0. The molecule has 2 nitrogen and oxygen atoms in total. The fourth-order valence-corrected chi connectivity index (χ4v) is 3.48. The highest BCUT2D eigenvalue weighted by Gasteiger charge is 2.21. The third-order valence-electron chi connectivity index (χ3n) is 5.05. The van der Waals surface area contributed by atoms with Crippen molar-refractivity contribution in [3.05, 3.63) is 35.4 Å². The van der Waals surface area contributed by atoms with E-state index in [0.717, 1.165) is 31.6 Å². The predicted octanol–water partition coefficient (Wildman–Crippen LogP) is 3.75. The molecule has 1 aromatic rings. The summed E-state index contributed by atoms with van der Waals surface area (Å²) < 4.78 is 0. The summed E-state index contributed by atoms with van der Waals surface area (Å²) in [4.78, 5) is 2.69. The van der Waals surface area contributed by atoms with Crippen molar-refractivity contribution >= 4 is 0 Å². The van der Waals surface area contributed by atoms with E-state index in [0.29, 0.717) is 0 Å². The maximum Gasteiger partial charge on any atom is 0.0236 e. The summed E-state index contributed by atoms with van der Waals surface area (Å²) in [5.74, 6) is 0. The fraction of sp³-hybridized carbons (Fsp3) is 0.684. The number of benzene rings is 1. The molecule has 1 aliphatic heterocycles. The van der Waals surface area contributed by atoms with E-state index in [9.17, 15) is 0 Å². The second-order valence-electron chi connectivity index (χ2n) is 6.82. The maximum atomic E-state index is 3.59. The Morgan fingerprint density at radius 3 is 2.52 bits per heavy atom. The minimum absolute atomic E-state index is 0.807. The first-order valence-corrected chi connectivity index (χ1v) is 8.90. The second-order valence-corrected chi connectivity index (χ2v) is 6.82. The Bertz CT molecular complexity index is 422. The van der Waals surface area contributed by atoms with Gasteiger partial charge in [0.05, 0.1) is 0 Å². The number of hydrogen-bond donors (Lipinski definition) is 1. The zero-order valence-electron chi connectivity index (χ0n) is 13.5. The Morgan fingerprint density at radius 2 is 1.81 bits per heavy atom. The third kappa shape index (κ3) is 4.55. The van der Waals surface area contributed by atoms with Crippen molar-refractivity contribution in [1.29, 1.82) is 0 Å². The SMILES string of the molecule is CCC1CCCCN1Cc1ccc(CCNC2CC2)cc1. The number of rotatable bonds is 7. The molecular weight excluding hydrogens is 256 g/mol. The van der Waals surface area contributed by atoms with E-state index in [2.05, 4.69) is 41.4 Å². The molecule has 0 radical (unpaired) electrons. The molecule has 3 rings (SSSR count). The second kappa shape index (κ2) is 7.42. The first kappa shape index (κ1) is 15.1. The first-order chi connectivity index (χ1) is 10.3. The van der Waals surface area contributed by atoms with E-state index < -0.39 is 0 Å². The predicted molar refractivity (Wildman–Crippen MR) is 89.5 cm³/mol. The lowest BCUT2D eigenvalue weighted by Crippen LogP contribution is -2.38. The zero-order valence-corrected chi connectivity index (χ0v) is 13.5. The molecule has 0 bridgehead atoms. The van der Waals surface area contributed by atoms with Crippen LogP contribution < -0.4 is 5.32 Å². The van der Waals surface area contributed by atoms with Gasteiger partial charge in [-0.05, 0) is 62.7 Å². The van der Waals surface area contributed by atoms with Crippen molar-refractivity contribution in [3.63, 3.8) is 0 Å². The van der Waals surface area contributed by atoms with Crippen molar-refractivity contribution in [1.82, 2.24) is 10.2 Å². The molecule has 1 aliphatic carbocycles. The van der Waals surface area contributed by atoms with Gasteiger partial charge in [0.15, 0.2) is 0 Å². The van der Waals surface area contributed by atoms with Crippen molar-refractivity contribution in [2.45, 2.75) is 70.5 Å². The van der Waals surface area contributed by atoms with E-state index in [-0.39, 0.29) is 0 Å². The monoisotopic (exact) mass is 286 g/mol. The summed E-state index contributed by atoms with van der Waals surface area (Å²) >= 11 is 0. The van der Waals surface area contributed by atoms with Crippen LogP contribution >= 0.6 is 0 Å². The van der Waals surface area contributed by atoms with Gasteiger partial charge in [0.2, 0.25) is 0 Å². The van der Waals surface area contributed by atoms with Crippen LogP contribution in [0.2, 0.25) is 0 Å². The Hall–Kier alpha value is -0.860. The van der Waals surface area contributed by atoms with Crippen LogP contribution in [0.5, 0.6) is 0 Å². The van der Waals surface area contributed by atoms with Crippen molar-refractivity contribution in [2.75, 3.05) is 13.1 Å². The van der Waals surface area contributed by atoms with Gasteiger partial charge in [-0.25, -0.2) is 0 Å². The van der Waals surface area contributed by atoms with Crippen LogP contribution in [0.15, 0.2) is 24.3 Å². The van der Waals surface area contributed by atoms with Gasteiger partial charge >= 0.3 is 0 Å². The summed E-state index contributed by atoms with van der Waals surface area (Å²) in [5.41, 5.74) is 2.95. The van der Waals surface area contributed by atoms with E-state index in [1.165, 1.54) is 56.2 Å². The van der Waals surface area contributed by atoms with Gasteiger partial charge in [-0.2, -0.15) is 0 Å². The largest absolute Gasteiger partial charge is 0.314 e. The molecule has 0 spiro atoms. The molecular formula is C19H30N2. The highest BCUT2D eigenvalue weighted by Crippen LogP contribution is 2.22. The minimum atomic E-state index is 0.807. The fourth-order valence-electron chi connectivity index (χ4n) is 3.48. The minimum Gasteiger partial charge on any atom is -0.314 e. The van der Waals surface area contributed by atoms with Crippen LogP contribution in [-0.2, 0) is 13.0 Å². The van der Waals surface area contributed by atoms with Gasteiger partial charge in [-0.15, -0.1) is 0 Å². The van der Waals surface area contributed by atoms with Crippen molar-refractivity contribution < 1.29 is 0 Å². The van der Waals surface area contributed by atoms with Gasteiger partial charge in [-0.1, -0.05) is 37.6 Å². The smallest absolute Gasteiger partial charge is 0.0236 e. The zero-order chi connectivity index (χ0) is 14.5. The van der Waals surface area contributed by atoms with Crippen molar-refractivity contribution in [3.8, 4) is 0 Å². The Morgan fingerprint density at radius 1 is 1.05 bits per heavy atom. The molecule has 1 aromatic carbocycles. The Balaban J connectivity index is 1.48. The maximum absolute atomic E-state index is 3.59. The molecule has 1 saturated heterocycles. The van der Waals surface area contributed by atoms with Gasteiger partial charge in [0, 0.05) is 18.6 Å². The number of nitrogens with one attached hydrogen (secondary N) is 1. The highest BCUT2D eigenvalue weighted by molar-refractivity contribution is 5.23. The molecule has 1 atom stereocenters. The van der Waals surface area contributed by atoms with Crippen LogP contribution in [0, 0.1) is 0 Å². The molecule has 2 aliphatic rings. The van der Waals surface area contributed by atoms with E-state index in [1.54, 1.807) is 0 Å². The van der Waals surface area contributed by atoms with Crippen LogP contribution in [-0.4, -0.2) is 30.1 Å². The molecule has 1 heterocycles. The summed E-state index contributed by atoms with van der Waals surface area (Å²) in [6, 6.07) is 11.0. The van der Waals surface area contributed by atoms with Crippen LogP contribution in [0.4, 0.5) is 0 Å². The molecule has 21 heavy (non-hydrogen) atoms. The van der Waals surface area contributed by atoms with Crippen LogP contribution in [0.1, 0.15) is 56.6 Å². The van der Waals surface area contributed by atoms with Gasteiger partial charge in [0.1, 0.15) is 0 Å². The van der Waals surface area contributed by atoms with Gasteiger partial charge < -0.3 is 5.32 Å². The molecule has 2 heteroatoms. The van der Waals surface area contributed by atoms with Crippen molar-refractivity contribution in [2.24, 2.45) is 0 Å². The van der Waals surface area contributed by atoms with Gasteiger partial charge in [0.25, 0.3) is 0 Å². The molecule has 1 N–H and O–H groups in total. The molecule has 116 valence electrons. The molecule has 2 fully saturated rings. The Kier molecular flexibility index (Phi) is 5.32. The number of hydrogen-bond acceptors (Lipinski definition) is 2.